The molecular formula is C13H25ClN2O4. The van der Waals surface area contributed by atoms with Crippen molar-refractivity contribution >= 4 is 24.3 Å². The second kappa shape index (κ2) is 9.15. The molecule has 0 aliphatic carbocycles. The van der Waals surface area contributed by atoms with E-state index in [4.69, 9.17) is 15.2 Å². The van der Waals surface area contributed by atoms with Crippen LogP contribution in [0, 0.1) is 5.92 Å². The summed E-state index contributed by atoms with van der Waals surface area (Å²) in [6, 6.07) is 0. The summed E-state index contributed by atoms with van der Waals surface area (Å²) in [5, 5.41) is 2.72. The van der Waals surface area contributed by atoms with Gasteiger partial charge in [-0.25, -0.2) is 0 Å². The molecule has 0 aromatic rings. The van der Waals surface area contributed by atoms with Gasteiger partial charge in [0.2, 0.25) is 5.91 Å². The Morgan fingerprint density at radius 2 is 2.00 bits per heavy atom. The predicted molar refractivity (Wildman–Crippen MR) is 77.6 cm³/mol. The molecule has 0 spiro atoms. The fraction of sp³-hybridized carbons (Fsp3) is 0.846. The first-order valence-corrected chi connectivity index (χ1v) is 6.77. The fourth-order valence-electron chi connectivity index (χ4n) is 1.87. The maximum atomic E-state index is 11.8. The second-order valence-electron chi connectivity index (χ2n) is 5.19. The van der Waals surface area contributed by atoms with Gasteiger partial charge in [0, 0.05) is 13.1 Å². The molecule has 118 valence electrons. The van der Waals surface area contributed by atoms with Gasteiger partial charge < -0.3 is 20.5 Å². The van der Waals surface area contributed by atoms with Crippen LogP contribution in [0.4, 0.5) is 0 Å². The molecule has 0 aromatic carbocycles. The maximum absolute atomic E-state index is 11.8. The molecule has 1 aliphatic rings. The van der Waals surface area contributed by atoms with Crippen LogP contribution >= 0.6 is 12.4 Å². The summed E-state index contributed by atoms with van der Waals surface area (Å²) in [7, 11) is 0. The maximum Gasteiger partial charge on any atom is 0.310 e. The van der Waals surface area contributed by atoms with E-state index in [1.54, 1.807) is 20.8 Å². The van der Waals surface area contributed by atoms with Crippen LogP contribution in [0.5, 0.6) is 0 Å². The average Bonchev–Trinajstić information content (AvgIpc) is 2.83. The molecule has 1 fully saturated rings. The Balaban J connectivity index is 0.00000361. The molecule has 1 aliphatic heterocycles. The molecule has 3 N–H and O–H groups in total. The quantitative estimate of drug-likeness (QED) is 0.702. The topological polar surface area (TPSA) is 90.7 Å². The summed E-state index contributed by atoms with van der Waals surface area (Å²) >= 11 is 0. The van der Waals surface area contributed by atoms with Gasteiger partial charge in [-0.15, -0.1) is 12.4 Å². The number of esters is 1. The van der Waals surface area contributed by atoms with Crippen LogP contribution in [0.3, 0.4) is 0 Å². The zero-order valence-corrected chi connectivity index (χ0v) is 13.1. The number of ether oxygens (including phenoxy) is 2. The third kappa shape index (κ3) is 6.07. The van der Waals surface area contributed by atoms with E-state index in [0.29, 0.717) is 13.0 Å². The zero-order valence-electron chi connectivity index (χ0n) is 12.3. The minimum atomic E-state index is -0.443. The number of rotatable bonds is 6. The normalized spacial score (nSPS) is 23.1. The molecule has 1 rings (SSSR count). The van der Waals surface area contributed by atoms with Gasteiger partial charge in [-0.05, 0) is 26.7 Å². The standard InChI is InChI=1S/C13H24N2O4.ClH/c1-8(2)18-13(17)9(3)7-15-12(16)11-5-4-10(6-14)19-11;/h8-11H,4-7,14H2,1-3H3,(H,15,16);1H/t9?,10-,11+;/m1./s1. The molecule has 0 saturated carbocycles. The van der Waals surface area contributed by atoms with Crippen LogP contribution < -0.4 is 11.1 Å². The van der Waals surface area contributed by atoms with Gasteiger partial charge in [0.15, 0.2) is 0 Å². The van der Waals surface area contributed by atoms with Crippen molar-refractivity contribution in [2.24, 2.45) is 11.7 Å². The molecule has 6 nitrogen and oxygen atoms in total. The lowest BCUT2D eigenvalue weighted by atomic mass is 10.1. The third-order valence-corrected chi connectivity index (χ3v) is 3.00. The summed E-state index contributed by atoms with van der Waals surface area (Å²) in [4.78, 5) is 23.4. The largest absolute Gasteiger partial charge is 0.463 e. The van der Waals surface area contributed by atoms with Crippen molar-refractivity contribution in [1.82, 2.24) is 5.32 Å². The van der Waals surface area contributed by atoms with E-state index in [-0.39, 0.29) is 49.0 Å². The Hall–Kier alpha value is -0.850. The highest BCUT2D eigenvalue weighted by Gasteiger charge is 2.30. The van der Waals surface area contributed by atoms with Crippen LogP contribution in [0.1, 0.15) is 33.6 Å². The third-order valence-electron chi connectivity index (χ3n) is 3.00. The lowest BCUT2D eigenvalue weighted by Crippen LogP contribution is -2.39. The van der Waals surface area contributed by atoms with E-state index >= 15 is 0 Å². The van der Waals surface area contributed by atoms with Crippen molar-refractivity contribution in [3.05, 3.63) is 0 Å². The Bertz CT molecular complexity index is 325. The summed E-state index contributed by atoms with van der Waals surface area (Å²) < 4.78 is 10.5. The fourth-order valence-corrected chi connectivity index (χ4v) is 1.87. The van der Waals surface area contributed by atoms with Crippen molar-refractivity contribution < 1.29 is 19.1 Å². The highest BCUT2D eigenvalue weighted by atomic mass is 35.5. The minimum Gasteiger partial charge on any atom is -0.463 e. The number of nitrogens with two attached hydrogens (primary N) is 1. The van der Waals surface area contributed by atoms with Gasteiger partial charge in [-0.2, -0.15) is 0 Å². The number of carbonyl (C=O) groups excluding carboxylic acids is 2. The highest BCUT2D eigenvalue weighted by molar-refractivity contribution is 5.85. The van der Waals surface area contributed by atoms with Crippen molar-refractivity contribution in [2.75, 3.05) is 13.1 Å². The molecule has 0 radical (unpaired) electrons. The van der Waals surface area contributed by atoms with Crippen molar-refractivity contribution in [2.45, 2.75) is 51.9 Å². The molecular weight excluding hydrogens is 284 g/mol. The van der Waals surface area contributed by atoms with Crippen molar-refractivity contribution in [1.29, 1.82) is 0 Å². The summed E-state index contributed by atoms with van der Waals surface area (Å²) in [5.74, 6) is -0.847. The summed E-state index contributed by atoms with van der Waals surface area (Å²) in [6.45, 7) is 6.01. The number of nitrogens with one attached hydrogen (secondary N) is 1. The van der Waals surface area contributed by atoms with Gasteiger partial charge in [-0.1, -0.05) is 6.92 Å². The van der Waals surface area contributed by atoms with E-state index in [1.165, 1.54) is 0 Å². The van der Waals surface area contributed by atoms with Crippen LogP contribution in [-0.2, 0) is 19.1 Å². The summed E-state index contributed by atoms with van der Waals surface area (Å²) in [5.41, 5.74) is 5.49. The van der Waals surface area contributed by atoms with Gasteiger partial charge in [0.25, 0.3) is 0 Å². The van der Waals surface area contributed by atoms with Gasteiger partial charge >= 0.3 is 5.97 Å². The first kappa shape index (κ1) is 19.1. The molecule has 1 heterocycles. The predicted octanol–water partition coefficient (Wildman–Crippen LogP) is 0.618. The number of hydrogen-bond acceptors (Lipinski definition) is 5. The first-order chi connectivity index (χ1) is 8.93. The monoisotopic (exact) mass is 308 g/mol. The number of carbonyl (C=O) groups is 2. The number of hydrogen-bond donors (Lipinski definition) is 2. The zero-order chi connectivity index (χ0) is 14.4. The molecule has 1 amide bonds. The van der Waals surface area contributed by atoms with Crippen LogP contribution in [0.2, 0.25) is 0 Å². The smallest absolute Gasteiger partial charge is 0.310 e. The number of amides is 1. The van der Waals surface area contributed by atoms with Crippen LogP contribution in [0.15, 0.2) is 0 Å². The van der Waals surface area contributed by atoms with Gasteiger partial charge in [0.1, 0.15) is 6.10 Å². The highest BCUT2D eigenvalue weighted by Crippen LogP contribution is 2.18. The van der Waals surface area contributed by atoms with E-state index in [2.05, 4.69) is 5.32 Å². The molecule has 0 aromatic heterocycles. The van der Waals surface area contributed by atoms with Gasteiger partial charge in [-0.3, -0.25) is 9.59 Å². The van der Waals surface area contributed by atoms with Crippen molar-refractivity contribution in [3.8, 4) is 0 Å². The Labute approximate surface area is 126 Å². The molecule has 1 unspecified atom stereocenters. The SMILES string of the molecule is CC(C)OC(=O)C(C)CNC(=O)[C@@H]1CC[C@H](CN)O1.Cl. The van der Waals surface area contributed by atoms with E-state index < -0.39 is 6.10 Å². The second-order valence-corrected chi connectivity index (χ2v) is 5.19. The van der Waals surface area contributed by atoms with Crippen LogP contribution in [-0.4, -0.2) is 43.3 Å². The average molecular weight is 309 g/mol. The minimum absolute atomic E-state index is 0. The molecule has 0 bridgehead atoms. The lowest BCUT2D eigenvalue weighted by Gasteiger charge is -2.16. The Morgan fingerprint density at radius 3 is 2.50 bits per heavy atom. The van der Waals surface area contributed by atoms with Crippen molar-refractivity contribution in [3.63, 3.8) is 0 Å². The molecule has 20 heavy (non-hydrogen) atoms. The van der Waals surface area contributed by atoms with Crippen LogP contribution in [0.25, 0.3) is 0 Å². The van der Waals surface area contributed by atoms with Gasteiger partial charge in [0.05, 0.1) is 18.1 Å². The Kier molecular flexibility index (Phi) is 8.76. The van der Waals surface area contributed by atoms with E-state index in [0.717, 1.165) is 6.42 Å². The molecule has 1 saturated heterocycles. The lowest BCUT2D eigenvalue weighted by molar-refractivity contribution is -0.151. The Morgan fingerprint density at radius 1 is 1.35 bits per heavy atom. The van der Waals surface area contributed by atoms with E-state index in [9.17, 15) is 9.59 Å². The number of halogens is 1. The first-order valence-electron chi connectivity index (χ1n) is 6.77. The summed E-state index contributed by atoms with van der Waals surface area (Å²) in [6.07, 6.45) is 0.869. The molecule has 7 heteroatoms. The van der Waals surface area contributed by atoms with E-state index in [1.807, 2.05) is 0 Å². The molecule has 3 atom stereocenters.